The van der Waals surface area contributed by atoms with Crippen LogP contribution in [-0.2, 0) is 0 Å². The molecule has 3 rings (SSSR count). The molecular formula is C11H13ClN3OS+. The molecule has 0 saturated carbocycles. The number of rotatable bonds is 0. The molecule has 1 aliphatic heterocycles. The van der Waals surface area contributed by atoms with Crippen LogP contribution in [0.25, 0.3) is 0 Å². The summed E-state index contributed by atoms with van der Waals surface area (Å²) in [6.45, 7) is 2.11. The van der Waals surface area contributed by atoms with Crippen molar-refractivity contribution in [3.8, 4) is 0 Å². The van der Waals surface area contributed by atoms with Gasteiger partial charge in [-0.1, -0.05) is 6.08 Å². The highest BCUT2D eigenvalue weighted by atomic mass is 35.5. The Morgan fingerprint density at radius 3 is 3.06 bits per heavy atom. The van der Waals surface area contributed by atoms with Crippen molar-refractivity contribution in [3.05, 3.63) is 39.3 Å². The number of hydrogen-bond donors (Lipinski definition) is 1. The van der Waals surface area contributed by atoms with Crippen LogP contribution in [0.4, 0.5) is 0 Å². The van der Waals surface area contributed by atoms with Gasteiger partial charge in [0.15, 0.2) is 4.87 Å². The Bertz CT molecular complexity index is 521. The van der Waals surface area contributed by atoms with Gasteiger partial charge >= 0.3 is 0 Å². The maximum absolute atomic E-state index is 11.3. The number of nitrogens with two attached hydrogens (primary N) is 1. The third kappa shape index (κ3) is 1.73. The number of thioether (sulfide) groups is 1. The summed E-state index contributed by atoms with van der Waals surface area (Å²) in [4.78, 5) is 13.2. The highest BCUT2D eigenvalue weighted by Crippen LogP contribution is 2.49. The molecule has 0 aromatic heterocycles. The minimum atomic E-state index is -0.158. The van der Waals surface area contributed by atoms with Crippen LogP contribution in [0.3, 0.4) is 0 Å². The van der Waals surface area contributed by atoms with E-state index in [2.05, 4.69) is 18.1 Å². The Morgan fingerprint density at radius 2 is 2.29 bits per heavy atom. The Morgan fingerprint density at radius 1 is 1.53 bits per heavy atom. The molecule has 0 radical (unpaired) electrons. The molecule has 17 heavy (non-hydrogen) atoms. The van der Waals surface area contributed by atoms with Crippen LogP contribution in [0.15, 0.2) is 39.5 Å². The highest BCUT2D eigenvalue weighted by molar-refractivity contribution is 8.03. The van der Waals surface area contributed by atoms with Crippen molar-refractivity contribution in [2.24, 2.45) is 16.3 Å². The van der Waals surface area contributed by atoms with E-state index in [-0.39, 0.29) is 17.8 Å². The Kier molecular flexibility index (Phi) is 2.91. The minimum Gasteiger partial charge on any atom is -0.399 e. The van der Waals surface area contributed by atoms with Gasteiger partial charge in [0.1, 0.15) is 5.71 Å². The molecule has 3 aliphatic rings. The zero-order valence-electron chi connectivity index (χ0n) is 9.34. The summed E-state index contributed by atoms with van der Waals surface area (Å²) in [6.07, 6.45) is 6.90. The van der Waals surface area contributed by atoms with Gasteiger partial charge in [-0.2, -0.15) is 0 Å². The average molecular weight is 271 g/mol. The van der Waals surface area contributed by atoms with E-state index in [1.165, 1.54) is 5.57 Å². The molecule has 0 aromatic carbocycles. The number of nitroso groups, excluding NO2 is 1. The molecule has 0 fully saturated rings. The second kappa shape index (κ2) is 3.99. The zero-order valence-corrected chi connectivity index (χ0v) is 11.0. The van der Waals surface area contributed by atoms with Crippen LogP contribution in [0, 0.1) is 10.3 Å². The van der Waals surface area contributed by atoms with Crippen molar-refractivity contribution < 1.29 is 4.87 Å². The number of hydrazone groups is 1. The number of fused-ring (bicyclic) bond motifs is 3. The fraction of sp³-hybridized carbons (Fsp3) is 0.364. The highest BCUT2D eigenvalue weighted by Gasteiger charge is 2.46. The lowest BCUT2D eigenvalue weighted by Gasteiger charge is -2.28. The van der Waals surface area contributed by atoms with Crippen LogP contribution >= 0.6 is 24.2 Å². The quantitative estimate of drug-likeness (QED) is 0.687. The first-order chi connectivity index (χ1) is 7.59. The van der Waals surface area contributed by atoms with E-state index in [1.807, 2.05) is 12.2 Å². The second-order valence-electron chi connectivity index (χ2n) is 4.42. The average Bonchev–Trinajstić information content (AvgIpc) is 2.52. The minimum absolute atomic E-state index is 0. The molecule has 2 N–H and O–H groups in total. The molecular weight excluding hydrogens is 258 g/mol. The fourth-order valence-electron chi connectivity index (χ4n) is 2.29. The van der Waals surface area contributed by atoms with Crippen molar-refractivity contribution in [2.75, 3.05) is 5.88 Å². The molecule has 0 spiro atoms. The third-order valence-corrected chi connectivity index (χ3v) is 4.26. The van der Waals surface area contributed by atoms with Crippen molar-refractivity contribution >= 4 is 29.9 Å². The summed E-state index contributed by atoms with van der Waals surface area (Å²) in [6, 6.07) is 0. The van der Waals surface area contributed by atoms with E-state index in [0.29, 0.717) is 5.88 Å². The SMILES string of the molecule is CC12CC=C(N)C=C1C=C1SC[N+](=O)N=C12.Cl. The van der Waals surface area contributed by atoms with Gasteiger partial charge in [0.25, 0.3) is 5.88 Å². The maximum atomic E-state index is 11.3. The monoisotopic (exact) mass is 270 g/mol. The first-order valence-corrected chi connectivity index (χ1v) is 6.14. The van der Waals surface area contributed by atoms with Crippen LogP contribution in [-0.4, -0.2) is 16.5 Å². The smallest absolute Gasteiger partial charge is 0.278 e. The molecule has 4 nitrogen and oxygen atoms in total. The van der Waals surface area contributed by atoms with E-state index < -0.39 is 0 Å². The van der Waals surface area contributed by atoms with Gasteiger partial charge in [-0.3, -0.25) is 0 Å². The lowest BCUT2D eigenvalue weighted by atomic mass is 9.76. The first kappa shape index (κ1) is 12.4. The van der Waals surface area contributed by atoms with Crippen LogP contribution in [0.1, 0.15) is 13.3 Å². The molecule has 0 saturated heterocycles. The third-order valence-electron chi connectivity index (χ3n) is 3.29. The predicted octanol–water partition coefficient (Wildman–Crippen LogP) is 2.32. The summed E-state index contributed by atoms with van der Waals surface area (Å²) in [5.74, 6) is 0.377. The van der Waals surface area contributed by atoms with E-state index in [1.54, 1.807) is 11.8 Å². The molecule has 0 amide bonds. The van der Waals surface area contributed by atoms with Crippen LogP contribution in [0.5, 0.6) is 0 Å². The van der Waals surface area contributed by atoms with Gasteiger partial charge in [-0.05, 0) is 42.8 Å². The van der Waals surface area contributed by atoms with E-state index in [9.17, 15) is 4.91 Å². The number of hydrogen-bond acceptors (Lipinski definition) is 3. The first-order valence-electron chi connectivity index (χ1n) is 5.16. The summed E-state index contributed by atoms with van der Waals surface area (Å²) in [5, 5.41) is 4.12. The van der Waals surface area contributed by atoms with Gasteiger partial charge in [0, 0.05) is 21.1 Å². The molecule has 1 atom stereocenters. The van der Waals surface area contributed by atoms with E-state index >= 15 is 0 Å². The lowest BCUT2D eigenvalue weighted by molar-refractivity contribution is -0.535. The number of nitrogens with zero attached hydrogens (tertiary/aromatic N) is 2. The van der Waals surface area contributed by atoms with Gasteiger partial charge in [0.2, 0.25) is 0 Å². The predicted molar refractivity (Wildman–Crippen MR) is 71.9 cm³/mol. The molecule has 1 heterocycles. The van der Waals surface area contributed by atoms with E-state index in [0.717, 1.165) is 27.6 Å². The molecule has 90 valence electrons. The second-order valence-corrected chi connectivity index (χ2v) is 5.41. The van der Waals surface area contributed by atoms with Gasteiger partial charge in [-0.15, -0.1) is 12.4 Å². The van der Waals surface area contributed by atoms with Gasteiger partial charge < -0.3 is 5.73 Å². The zero-order chi connectivity index (χ0) is 11.3. The molecule has 1 unspecified atom stereocenters. The normalized spacial score (nSPS) is 30.3. The van der Waals surface area contributed by atoms with Gasteiger partial charge in [0.05, 0.1) is 4.91 Å². The van der Waals surface area contributed by atoms with Crippen molar-refractivity contribution in [1.82, 2.24) is 0 Å². The van der Waals surface area contributed by atoms with Crippen molar-refractivity contribution in [3.63, 3.8) is 0 Å². The molecule has 2 aliphatic carbocycles. The largest absolute Gasteiger partial charge is 0.399 e. The van der Waals surface area contributed by atoms with Gasteiger partial charge in [-0.25, -0.2) is 0 Å². The van der Waals surface area contributed by atoms with Crippen LogP contribution in [0.2, 0.25) is 0 Å². The Hall–Kier alpha value is -1.07. The summed E-state index contributed by atoms with van der Waals surface area (Å²) >= 11 is 1.55. The Labute approximate surface area is 110 Å². The standard InChI is InChI=1S/C11H12N3OS.ClH/c1-11-3-2-8(12)4-7(11)5-9-10(11)13-14(15)6-16-9;/h2,4-5H,3,6,12H2,1H3;1H/q+1;. The molecule has 6 heteroatoms. The van der Waals surface area contributed by atoms with Crippen LogP contribution < -0.4 is 5.73 Å². The molecule has 0 bridgehead atoms. The lowest BCUT2D eigenvalue weighted by Crippen LogP contribution is -2.30. The summed E-state index contributed by atoms with van der Waals surface area (Å²) in [7, 11) is 0. The van der Waals surface area contributed by atoms with Crippen molar-refractivity contribution in [2.45, 2.75) is 13.3 Å². The number of halogens is 1. The Balaban J connectivity index is 0.00000108. The fourth-order valence-corrected chi connectivity index (χ4v) is 3.21. The van der Waals surface area contributed by atoms with E-state index in [4.69, 9.17) is 5.73 Å². The number of allylic oxidation sites excluding steroid dienone is 5. The summed E-state index contributed by atoms with van der Waals surface area (Å²) < 4.78 is 0. The van der Waals surface area contributed by atoms with Crippen molar-refractivity contribution in [1.29, 1.82) is 0 Å². The summed E-state index contributed by atoms with van der Waals surface area (Å²) in [5.41, 5.74) is 8.51. The maximum Gasteiger partial charge on any atom is 0.278 e. The topological polar surface area (TPSA) is 58.5 Å². The molecule has 0 aromatic rings.